The fourth-order valence-electron chi connectivity index (χ4n) is 1.87. The molecule has 1 aromatic carbocycles. The maximum Gasteiger partial charge on any atom is 0.341 e. The van der Waals surface area contributed by atoms with Crippen molar-refractivity contribution >= 4 is 25.3 Å². The maximum absolute atomic E-state index is 13.7. The molecule has 1 aromatic heterocycles. The van der Waals surface area contributed by atoms with Gasteiger partial charge in [0.2, 0.25) is 5.43 Å². The average molecular weight is 325 g/mol. The molecular weight excluding hydrogens is 312 g/mol. The molecule has 0 aliphatic rings. The molecule has 2 aromatic rings. The second-order valence-electron chi connectivity index (χ2n) is 3.85. The van der Waals surface area contributed by atoms with Crippen LogP contribution < -0.4 is 5.43 Å². The average Bonchev–Trinajstić information content (AvgIpc) is 2.37. The van der Waals surface area contributed by atoms with Gasteiger partial charge in [0.15, 0.2) is 17.5 Å². The van der Waals surface area contributed by atoms with E-state index in [0.29, 0.717) is 6.07 Å². The molecule has 0 spiro atoms. The summed E-state index contributed by atoms with van der Waals surface area (Å²) in [5, 5.41) is 8.36. The number of aromatic carboxylic acids is 1. The van der Waals surface area contributed by atoms with Crippen molar-refractivity contribution in [2.24, 2.45) is 0 Å². The van der Waals surface area contributed by atoms with Crippen LogP contribution in [0.5, 0.6) is 0 Å². The summed E-state index contributed by atoms with van der Waals surface area (Å²) in [5.41, 5.74) is -2.12. The van der Waals surface area contributed by atoms with Crippen molar-refractivity contribution in [1.29, 1.82) is 0 Å². The fraction of sp³-hybridized carbons (Fsp3) is 0.167. The molecule has 2 rings (SSSR count). The molecule has 0 bridgehead atoms. The van der Waals surface area contributed by atoms with Gasteiger partial charge in [0.05, 0.1) is 19.3 Å². The van der Waals surface area contributed by atoms with Crippen molar-refractivity contribution in [1.82, 2.24) is 4.57 Å². The van der Waals surface area contributed by atoms with Crippen molar-refractivity contribution in [3.63, 3.8) is 0 Å². The zero-order valence-electron chi connectivity index (χ0n) is 10.5. The molecule has 1 N–H and O–H groups in total. The topological polar surface area (TPSA) is 59.3 Å². The molecule has 0 saturated heterocycles. The molecule has 0 saturated carbocycles. The summed E-state index contributed by atoms with van der Waals surface area (Å²) in [6.07, 6.45) is 0.910. The first-order valence-electron chi connectivity index (χ1n) is 5.32. The van der Waals surface area contributed by atoms with Crippen LogP contribution in [-0.4, -0.2) is 24.1 Å². The number of aromatic nitrogens is 1. The van der Waals surface area contributed by atoms with Gasteiger partial charge in [-0.25, -0.2) is 18.0 Å². The van der Waals surface area contributed by atoms with Gasteiger partial charge in [-0.1, -0.05) is 0 Å². The summed E-state index contributed by atoms with van der Waals surface area (Å²) < 4.78 is 41.1. The monoisotopic (exact) mass is 325 g/mol. The van der Waals surface area contributed by atoms with Gasteiger partial charge in [0.1, 0.15) is 5.56 Å². The van der Waals surface area contributed by atoms with Gasteiger partial charge in [-0.15, -0.1) is 0 Å². The lowest BCUT2D eigenvalue weighted by Crippen LogP contribution is -2.20. The lowest BCUT2D eigenvalue weighted by atomic mass is 10.1. The number of carboxylic acid groups (broad SMARTS) is 1. The van der Waals surface area contributed by atoms with Crippen molar-refractivity contribution in [2.45, 2.75) is 13.5 Å². The normalized spacial score (nSPS) is 9.45. The highest BCUT2D eigenvalue weighted by Gasteiger charge is 2.21. The van der Waals surface area contributed by atoms with Crippen molar-refractivity contribution < 1.29 is 32.5 Å². The van der Waals surface area contributed by atoms with E-state index < -0.39 is 45.3 Å². The Morgan fingerprint density at radius 2 is 1.77 bits per heavy atom. The summed E-state index contributed by atoms with van der Waals surface area (Å²) in [6, 6.07) is 0.509. The minimum absolute atomic E-state index is 0. The maximum atomic E-state index is 13.7. The first kappa shape index (κ1) is 21.9. The number of halogens is 5. The van der Waals surface area contributed by atoms with E-state index in [4.69, 9.17) is 5.11 Å². The first-order valence-corrected chi connectivity index (χ1v) is 5.32. The summed E-state index contributed by atoms with van der Waals surface area (Å²) >= 11 is 0. The number of fused-ring (bicyclic) bond motifs is 1. The summed E-state index contributed by atoms with van der Waals surface area (Å²) in [5.74, 6) is -6.26. The van der Waals surface area contributed by atoms with E-state index in [0.717, 1.165) is 10.8 Å². The quantitative estimate of drug-likeness (QED) is 0.514. The van der Waals surface area contributed by atoms with Crippen molar-refractivity contribution in [3.8, 4) is 0 Å². The second-order valence-corrected chi connectivity index (χ2v) is 3.85. The van der Waals surface area contributed by atoms with Crippen LogP contribution in [0.25, 0.3) is 10.9 Å². The smallest absolute Gasteiger partial charge is 0.341 e. The van der Waals surface area contributed by atoms with Crippen molar-refractivity contribution in [3.05, 3.63) is 45.5 Å². The molecule has 1 heterocycles. The number of benzene rings is 1. The Balaban J connectivity index is 0. The number of hydrogen-bond donors (Lipinski definition) is 1. The number of carbonyl (C=O) groups is 1. The van der Waals surface area contributed by atoms with Crippen LogP contribution in [-0.2, 0) is 6.54 Å². The molecule has 0 aliphatic heterocycles. The van der Waals surface area contributed by atoms with E-state index in [9.17, 15) is 22.8 Å². The van der Waals surface area contributed by atoms with Crippen LogP contribution in [0.15, 0.2) is 17.1 Å². The highest BCUT2D eigenvalue weighted by Crippen LogP contribution is 2.21. The van der Waals surface area contributed by atoms with Gasteiger partial charge in [-0.3, -0.25) is 14.2 Å². The Morgan fingerprint density at radius 1 is 1.23 bits per heavy atom. The standard InChI is InChI=1S/C12H8F3NO3.BH3.2FH/c1-2-16-4-6(12(18)19)11(17)5-3-7(13)8(14)9(15)10(5)16;;;/h3-4H,2H2,1H3,(H,18,19);1H3;2*1H. The highest BCUT2D eigenvalue weighted by molar-refractivity contribution is 5.92. The summed E-state index contributed by atoms with van der Waals surface area (Å²) in [7, 11) is 0. The molecule has 0 aliphatic carbocycles. The molecule has 4 nitrogen and oxygen atoms in total. The number of aryl methyl sites for hydroxylation is 1. The van der Waals surface area contributed by atoms with Gasteiger partial charge in [-0.2, -0.15) is 0 Å². The van der Waals surface area contributed by atoms with Crippen LogP contribution >= 0.6 is 0 Å². The minimum atomic E-state index is -1.70. The van der Waals surface area contributed by atoms with E-state index in [-0.39, 0.29) is 24.4 Å². The first-order chi connectivity index (χ1) is 8.88. The lowest BCUT2D eigenvalue weighted by Gasteiger charge is -2.11. The SMILES string of the molecule is B.CCn1cc(C(=O)O)c(=O)c2cc(F)c(F)c(F)c21.F.F. The Morgan fingerprint density at radius 3 is 2.23 bits per heavy atom. The zero-order valence-corrected chi connectivity index (χ0v) is 10.5. The third kappa shape index (κ3) is 3.10. The van der Waals surface area contributed by atoms with Crippen LogP contribution in [0.3, 0.4) is 0 Å². The fourth-order valence-corrected chi connectivity index (χ4v) is 1.87. The lowest BCUT2D eigenvalue weighted by molar-refractivity contribution is 0.0695. The van der Waals surface area contributed by atoms with Gasteiger partial charge >= 0.3 is 5.97 Å². The van der Waals surface area contributed by atoms with E-state index >= 15 is 0 Å². The number of carboxylic acids is 1. The Kier molecular flexibility index (Phi) is 7.54. The Hall–Kier alpha value is -2.39. The molecule has 0 fully saturated rings. The molecular formula is C12H13BF5NO3. The van der Waals surface area contributed by atoms with Gasteiger partial charge in [-0.05, 0) is 13.0 Å². The number of rotatable bonds is 2. The minimum Gasteiger partial charge on any atom is -0.477 e. The molecule has 0 radical (unpaired) electrons. The third-order valence-electron chi connectivity index (χ3n) is 2.77. The van der Waals surface area contributed by atoms with Crippen LogP contribution in [0, 0.1) is 17.5 Å². The van der Waals surface area contributed by atoms with Gasteiger partial charge in [0, 0.05) is 12.7 Å². The largest absolute Gasteiger partial charge is 0.477 e. The molecule has 22 heavy (non-hydrogen) atoms. The predicted molar refractivity (Wildman–Crippen MR) is 75.7 cm³/mol. The number of pyridine rings is 1. The summed E-state index contributed by atoms with van der Waals surface area (Å²) in [6.45, 7) is 1.65. The summed E-state index contributed by atoms with van der Waals surface area (Å²) in [4.78, 5) is 22.7. The van der Waals surface area contributed by atoms with Crippen LogP contribution in [0.2, 0.25) is 0 Å². The van der Waals surface area contributed by atoms with E-state index in [1.165, 1.54) is 0 Å². The van der Waals surface area contributed by atoms with Crippen molar-refractivity contribution in [2.75, 3.05) is 0 Å². The van der Waals surface area contributed by atoms with E-state index in [1.54, 1.807) is 6.92 Å². The third-order valence-corrected chi connectivity index (χ3v) is 2.77. The van der Waals surface area contributed by atoms with E-state index in [1.807, 2.05) is 0 Å². The van der Waals surface area contributed by atoms with Crippen LogP contribution in [0.1, 0.15) is 17.3 Å². The number of nitrogens with zero attached hydrogens (tertiary/aromatic N) is 1. The van der Waals surface area contributed by atoms with E-state index in [2.05, 4.69) is 0 Å². The second kappa shape index (κ2) is 7.57. The van der Waals surface area contributed by atoms with Gasteiger partial charge < -0.3 is 9.67 Å². The molecule has 122 valence electrons. The molecule has 10 heteroatoms. The predicted octanol–water partition coefficient (Wildman–Crippen LogP) is 1.26. The highest BCUT2D eigenvalue weighted by atomic mass is 19.2. The molecule has 0 unspecified atom stereocenters. The molecule has 0 atom stereocenters. The molecule has 0 amide bonds. The Bertz CT molecular complexity index is 763. The number of hydrogen-bond acceptors (Lipinski definition) is 2. The Labute approximate surface area is 122 Å². The zero-order chi connectivity index (χ0) is 14.3. The van der Waals surface area contributed by atoms with Crippen LogP contribution in [0.4, 0.5) is 22.6 Å². The van der Waals surface area contributed by atoms with Gasteiger partial charge in [0.25, 0.3) is 0 Å².